The largest absolute Gasteiger partial charge is 0.493 e. The molecule has 0 spiro atoms. The molecule has 0 saturated carbocycles. The van der Waals surface area contributed by atoms with Crippen LogP contribution < -0.4 is 25.9 Å². The van der Waals surface area contributed by atoms with Crippen LogP contribution in [0.4, 0.5) is 0 Å². The van der Waals surface area contributed by atoms with Gasteiger partial charge in [-0.25, -0.2) is 26.8 Å². The average Bonchev–Trinajstić information content (AvgIpc) is 4.05. The second-order valence-electron chi connectivity index (χ2n) is 19.4. The monoisotopic (exact) mass is 1160 g/mol. The highest BCUT2D eigenvalue weighted by atomic mass is 35.7. The van der Waals surface area contributed by atoms with E-state index in [1.165, 1.54) is 34.6 Å². The van der Waals surface area contributed by atoms with E-state index in [0.717, 1.165) is 75.6 Å². The van der Waals surface area contributed by atoms with Crippen molar-refractivity contribution in [3.63, 3.8) is 0 Å². The van der Waals surface area contributed by atoms with Crippen LogP contribution in [0.25, 0.3) is 44.8 Å². The van der Waals surface area contributed by atoms with Crippen LogP contribution >= 0.6 is 23.1 Å². The fraction of sp³-hybridized carbons (Fsp3) is 0.556. The van der Waals surface area contributed by atoms with Crippen molar-refractivity contribution < 1.29 is 46.7 Å². The van der Waals surface area contributed by atoms with E-state index in [1.807, 2.05) is 49.2 Å². The van der Waals surface area contributed by atoms with Crippen LogP contribution in [0.1, 0.15) is 104 Å². The minimum atomic E-state index is -3.95. The summed E-state index contributed by atoms with van der Waals surface area (Å²) in [5.41, 5.74) is 4.44. The third kappa shape index (κ3) is 15.3. The number of hydrogen-bond acceptors (Lipinski definition) is 15. The molecule has 7 N–H and O–H groups in total. The molecule has 20 nitrogen and oxygen atoms in total. The van der Waals surface area contributed by atoms with Gasteiger partial charge in [0.1, 0.15) is 34.2 Å². The molecule has 6 aromatic rings. The molecule has 4 aromatic heterocycles. The first kappa shape index (κ1) is 63.9. The fourth-order valence-corrected chi connectivity index (χ4v) is 12.0. The number of aryl methyl sites for hydroxylation is 4. The molecule has 2 aliphatic heterocycles. The maximum absolute atomic E-state index is 13.6. The summed E-state index contributed by atoms with van der Waals surface area (Å²) in [7, 11) is -2.27. The lowest BCUT2D eigenvalue weighted by Gasteiger charge is -2.33. The molecule has 0 amide bonds. The number of hydrogen-bond donors (Lipinski definition) is 7. The van der Waals surface area contributed by atoms with Gasteiger partial charge in [0.05, 0.1) is 70.6 Å². The third-order valence-electron chi connectivity index (χ3n) is 13.9. The van der Waals surface area contributed by atoms with Gasteiger partial charge in [0.25, 0.3) is 20.2 Å². The van der Waals surface area contributed by atoms with Crippen molar-refractivity contribution in [2.45, 2.75) is 141 Å². The van der Waals surface area contributed by atoms with Crippen molar-refractivity contribution in [1.82, 2.24) is 38.7 Å². The molecule has 2 aliphatic rings. The lowest BCUT2D eigenvalue weighted by molar-refractivity contribution is 0.0278. The Morgan fingerprint density at radius 3 is 1.47 bits per heavy atom. The molecule has 6 heterocycles. The zero-order chi connectivity index (χ0) is 56.0. The van der Waals surface area contributed by atoms with Gasteiger partial charge in [-0.3, -0.25) is 9.59 Å². The maximum atomic E-state index is 13.6. The van der Waals surface area contributed by atoms with E-state index < -0.39 is 31.3 Å². The molecule has 24 heteroatoms. The van der Waals surface area contributed by atoms with E-state index in [9.17, 15) is 41.7 Å². The average molecular weight is 1170 g/mol. The van der Waals surface area contributed by atoms with E-state index in [0.29, 0.717) is 89.8 Å². The lowest BCUT2D eigenvalue weighted by Crippen LogP contribution is -2.41. The minimum Gasteiger partial charge on any atom is -0.493 e. The number of aliphatic hydroxyl groups excluding tert-OH is 4. The summed E-state index contributed by atoms with van der Waals surface area (Å²) < 4.78 is 67.7. The van der Waals surface area contributed by atoms with Gasteiger partial charge in [-0.15, -0.1) is 12.4 Å². The van der Waals surface area contributed by atoms with Crippen molar-refractivity contribution in [1.29, 1.82) is 0 Å². The molecule has 2 atom stereocenters. The number of benzene rings is 2. The summed E-state index contributed by atoms with van der Waals surface area (Å²) in [5, 5.41) is 40.2. The minimum absolute atomic E-state index is 0. The Hall–Kier alpha value is -4.88. The van der Waals surface area contributed by atoms with Crippen LogP contribution in [0.3, 0.4) is 0 Å². The molecule has 78 heavy (non-hydrogen) atoms. The van der Waals surface area contributed by atoms with Crippen LogP contribution in [-0.4, -0.2) is 135 Å². The third-order valence-corrected chi connectivity index (χ3v) is 17.2. The van der Waals surface area contributed by atoms with Crippen LogP contribution in [0.5, 0.6) is 11.5 Å². The predicted molar refractivity (Wildman–Crippen MR) is 306 cm³/mol. The van der Waals surface area contributed by atoms with Gasteiger partial charge < -0.3 is 54.3 Å². The quantitative estimate of drug-likeness (QED) is 0.0367. The molecule has 8 rings (SSSR count). The first-order chi connectivity index (χ1) is 36.9. The summed E-state index contributed by atoms with van der Waals surface area (Å²) in [6.07, 6.45) is 10.4. The topological polar surface area (TPSA) is 284 Å². The summed E-state index contributed by atoms with van der Waals surface area (Å²) in [5.74, 6) is 1.57. The van der Waals surface area contributed by atoms with Crippen LogP contribution in [0.15, 0.2) is 68.2 Å². The molecule has 2 fully saturated rings. The number of ether oxygens (including phenoxy) is 2. The van der Waals surface area contributed by atoms with Crippen molar-refractivity contribution in [2.75, 3.05) is 52.6 Å². The highest BCUT2D eigenvalue weighted by molar-refractivity contribution is 8.13. The Kier molecular flexibility index (Phi) is 24.2. The van der Waals surface area contributed by atoms with Gasteiger partial charge in [0.2, 0.25) is 10.0 Å². The van der Waals surface area contributed by atoms with Gasteiger partial charge >= 0.3 is 0 Å². The molecule has 0 unspecified atom stereocenters. The smallest absolute Gasteiger partial charge is 0.275 e. The van der Waals surface area contributed by atoms with E-state index in [2.05, 4.69) is 29.1 Å². The number of H-pyrrole nitrogens is 2. The second kappa shape index (κ2) is 29.5. The van der Waals surface area contributed by atoms with Gasteiger partial charge in [-0.05, 0) is 138 Å². The summed E-state index contributed by atoms with van der Waals surface area (Å²) >= 11 is 0. The van der Waals surface area contributed by atoms with E-state index in [1.54, 1.807) is 6.07 Å². The Morgan fingerprint density at radius 2 is 1.08 bits per heavy atom. The number of sulfonamides is 1. The fourth-order valence-electron chi connectivity index (χ4n) is 9.75. The van der Waals surface area contributed by atoms with Crippen LogP contribution in [-0.2, 0) is 45.0 Å². The van der Waals surface area contributed by atoms with Crippen molar-refractivity contribution in [3.8, 4) is 34.3 Å². The number of nitrogens with one attached hydrogen (secondary N) is 3. The first-order valence-corrected chi connectivity index (χ1v) is 30.7. The molecule has 432 valence electrons. The number of nitrogens with zero attached hydrogens (tertiary/aromatic N) is 5. The Morgan fingerprint density at radius 1 is 0.654 bits per heavy atom. The Balaban J connectivity index is 0.000000247. The van der Waals surface area contributed by atoms with E-state index in [4.69, 9.17) is 35.2 Å². The number of halogens is 2. The summed E-state index contributed by atoms with van der Waals surface area (Å²) in [6.45, 7) is 16.2. The zero-order valence-corrected chi connectivity index (χ0v) is 48.7. The second-order valence-corrected chi connectivity index (χ2v) is 23.9. The van der Waals surface area contributed by atoms with Crippen molar-refractivity contribution in [3.05, 3.63) is 80.6 Å². The van der Waals surface area contributed by atoms with Gasteiger partial charge in [-0.2, -0.15) is 4.31 Å². The number of piperidine rings is 2. The molecule has 0 bridgehead atoms. The van der Waals surface area contributed by atoms with Crippen LogP contribution in [0.2, 0.25) is 0 Å². The predicted octanol–water partition coefficient (Wildman–Crippen LogP) is 6.75. The Labute approximate surface area is 467 Å². The number of fused-ring (bicyclic) bond motifs is 2. The van der Waals surface area contributed by atoms with Crippen molar-refractivity contribution in [2.24, 2.45) is 11.8 Å². The van der Waals surface area contributed by atoms with Gasteiger partial charge in [0, 0.05) is 49.3 Å². The highest BCUT2D eigenvalue weighted by Gasteiger charge is 2.33. The van der Waals surface area contributed by atoms with E-state index >= 15 is 0 Å². The molecular formula is C54H78Cl2N8O12S2. The standard InChI is InChI=1S/C27H38N4O6S.C20H24ClN3O4S.C7H15NO2.ClH/c1-4-7-19-16-30(6-3)25-24(19)28-26(29-27(25)34)21-15-20(8-9-23(21)37-14-5-2)38(35,36)31-12-10-18(11-13-31)22(33)17-32;1-4-7-13-12-24(6-3)18-17(13)22-19(23-20(18)25)15-11-14(29(21,26)27)8-9-16(15)28-10-5-2;9-5-7(10)6-1-3-8-4-2-6;/h8-9,15-16,18,22,32-33H,4-7,10-14,17H2,1-3H3,(H,28,29,34);8-9,11-12H,4-7,10H2,1-3H3,(H,22,23,25);6-10H,1-5H2;1H/t22-;;7-;/m0.0./s1. The van der Waals surface area contributed by atoms with E-state index in [-0.39, 0.29) is 77.2 Å². The molecule has 0 radical (unpaired) electrons. The summed E-state index contributed by atoms with van der Waals surface area (Å²) in [4.78, 5) is 41.3. The highest BCUT2D eigenvalue weighted by Crippen LogP contribution is 2.35. The first-order valence-electron chi connectivity index (χ1n) is 26.9. The molecule has 0 aliphatic carbocycles. The summed E-state index contributed by atoms with van der Waals surface area (Å²) in [6, 6.07) is 8.96. The van der Waals surface area contributed by atoms with Crippen molar-refractivity contribution >= 4 is 64.2 Å². The maximum Gasteiger partial charge on any atom is 0.275 e. The van der Waals surface area contributed by atoms with Gasteiger partial charge in [-0.1, -0.05) is 40.5 Å². The number of aliphatic hydroxyl groups is 4. The Bertz CT molecular complexity index is 3260. The number of aromatic nitrogens is 6. The molecule has 2 saturated heterocycles. The zero-order valence-electron chi connectivity index (χ0n) is 45.5. The SMILES string of the molecule is CCCOc1ccc(S(=O)(=O)Cl)cc1-c1nc2c(CCC)cn(CC)c2c(=O)[nH]1.CCCOc1ccc(S(=O)(=O)N2CCC([C@@H](O)CO)CC2)cc1-c1nc2c(CCC)cn(CC)c2c(=O)[nH]1.Cl.OC[C@H](O)C1CCNCC1. The molecule has 2 aromatic carbocycles. The van der Waals surface area contributed by atoms with Crippen LogP contribution in [0, 0.1) is 11.8 Å². The van der Waals surface area contributed by atoms with Gasteiger partial charge in [0.15, 0.2) is 0 Å². The lowest BCUT2D eigenvalue weighted by atomic mass is 9.93. The molecular weight excluding hydrogens is 1090 g/mol. The number of aromatic amines is 2. The number of rotatable bonds is 21. The normalized spacial score (nSPS) is 15.5.